The van der Waals surface area contributed by atoms with E-state index in [1.807, 2.05) is 55.5 Å². The summed E-state index contributed by atoms with van der Waals surface area (Å²) >= 11 is 7.84. The molecule has 1 heterocycles. The van der Waals surface area contributed by atoms with Gasteiger partial charge in [-0.15, -0.1) is 10.2 Å². The Bertz CT molecular complexity index is 996. The summed E-state index contributed by atoms with van der Waals surface area (Å²) in [7, 11) is 0. The summed E-state index contributed by atoms with van der Waals surface area (Å²) < 4.78 is 2.18. The van der Waals surface area contributed by atoms with Crippen LogP contribution in [0.5, 0.6) is 0 Å². The number of hydrogen-bond acceptors (Lipinski definition) is 4. The lowest BCUT2D eigenvalue weighted by atomic mass is 10.2. The van der Waals surface area contributed by atoms with Crippen molar-refractivity contribution in [1.82, 2.24) is 14.8 Å². The number of aromatic nitrogens is 3. The summed E-state index contributed by atoms with van der Waals surface area (Å²) in [6.45, 7) is 2.02. The summed E-state index contributed by atoms with van der Waals surface area (Å²) in [5.74, 6) is 1.00. The van der Waals surface area contributed by atoms with E-state index in [0.717, 1.165) is 40.6 Å². The van der Waals surface area contributed by atoms with Gasteiger partial charge in [-0.25, -0.2) is 0 Å². The standard InChI is InChI=1S/C22H23ClN4OS/c1-15-10-12-16(13-11-15)24-20(28)14-29-22-26-25-21(18-8-4-5-9-19(18)23)27(22)17-6-2-3-7-17/h4-5,8-13,17H,2-3,6-7,14H2,1H3,(H,24,28). The number of amides is 1. The van der Waals surface area contributed by atoms with E-state index in [0.29, 0.717) is 11.1 Å². The molecule has 1 amide bonds. The molecule has 150 valence electrons. The number of aryl methyl sites for hydroxylation is 1. The molecule has 1 fully saturated rings. The van der Waals surface area contributed by atoms with Gasteiger partial charge in [0.1, 0.15) is 0 Å². The van der Waals surface area contributed by atoms with Gasteiger partial charge in [-0.05, 0) is 44.0 Å². The number of rotatable bonds is 6. The van der Waals surface area contributed by atoms with E-state index in [9.17, 15) is 4.79 Å². The topological polar surface area (TPSA) is 59.8 Å². The second-order valence-electron chi connectivity index (χ2n) is 7.30. The first kappa shape index (κ1) is 20.0. The molecule has 0 atom stereocenters. The fourth-order valence-electron chi connectivity index (χ4n) is 3.66. The van der Waals surface area contributed by atoms with Gasteiger partial charge in [0.2, 0.25) is 5.91 Å². The van der Waals surface area contributed by atoms with Crippen LogP contribution in [0.3, 0.4) is 0 Å². The fourth-order valence-corrected chi connectivity index (χ4v) is 4.68. The number of benzene rings is 2. The average Bonchev–Trinajstić information content (AvgIpc) is 3.38. The smallest absolute Gasteiger partial charge is 0.234 e. The third-order valence-electron chi connectivity index (χ3n) is 5.14. The van der Waals surface area contributed by atoms with E-state index in [2.05, 4.69) is 20.1 Å². The van der Waals surface area contributed by atoms with Gasteiger partial charge in [0.05, 0.1) is 10.8 Å². The predicted molar refractivity (Wildman–Crippen MR) is 119 cm³/mol. The fraction of sp³-hybridized carbons (Fsp3) is 0.318. The highest BCUT2D eigenvalue weighted by Gasteiger charge is 2.26. The first-order chi connectivity index (χ1) is 14.1. The second-order valence-corrected chi connectivity index (χ2v) is 8.65. The van der Waals surface area contributed by atoms with Crippen LogP contribution in [-0.2, 0) is 4.79 Å². The van der Waals surface area contributed by atoms with Crippen LogP contribution < -0.4 is 5.32 Å². The van der Waals surface area contributed by atoms with Crippen molar-refractivity contribution in [2.45, 2.75) is 43.8 Å². The Balaban J connectivity index is 1.53. The maximum absolute atomic E-state index is 12.4. The summed E-state index contributed by atoms with van der Waals surface area (Å²) in [6, 6.07) is 15.8. The summed E-state index contributed by atoms with van der Waals surface area (Å²) in [6.07, 6.45) is 4.59. The average molecular weight is 427 g/mol. The summed E-state index contributed by atoms with van der Waals surface area (Å²) in [5.41, 5.74) is 2.84. The molecule has 1 aromatic heterocycles. The van der Waals surface area contributed by atoms with E-state index >= 15 is 0 Å². The highest BCUT2D eigenvalue weighted by Crippen LogP contribution is 2.38. The molecule has 5 nitrogen and oxygen atoms in total. The minimum absolute atomic E-state index is 0.0564. The molecule has 0 saturated heterocycles. The Morgan fingerprint density at radius 1 is 1.14 bits per heavy atom. The van der Waals surface area contributed by atoms with Gasteiger partial charge in [-0.1, -0.05) is 66.0 Å². The lowest BCUT2D eigenvalue weighted by Gasteiger charge is -2.17. The molecule has 1 aliphatic carbocycles. The van der Waals surface area contributed by atoms with E-state index in [4.69, 9.17) is 11.6 Å². The van der Waals surface area contributed by atoms with Crippen molar-refractivity contribution in [2.75, 3.05) is 11.1 Å². The molecule has 0 spiro atoms. The Labute approximate surface area is 179 Å². The lowest BCUT2D eigenvalue weighted by molar-refractivity contribution is -0.113. The molecule has 0 radical (unpaired) electrons. The van der Waals surface area contributed by atoms with Gasteiger partial charge in [-0.2, -0.15) is 0 Å². The van der Waals surface area contributed by atoms with Crippen LogP contribution in [0.25, 0.3) is 11.4 Å². The number of nitrogens with zero attached hydrogens (tertiary/aromatic N) is 3. The van der Waals surface area contributed by atoms with Gasteiger partial charge in [0.25, 0.3) is 0 Å². The van der Waals surface area contributed by atoms with Crippen molar-refractivity contribution in [2.24, 2.45) is 0 Å². The van der Waals surface area contributed by atoms with Crippen molar-refractivity contribution >= 4 is 35.0 Å². The number of halogens is 1. The van der Waals surface area contributed by atoms with Crippen LogP contribution in [-0.4, -0.2) is 26.4 Å². The van der Waals surface area contributed by atoms with Crippen molar-refractivity contribution in [3.8, 4) is 11.4 Å². The molecule has 2 aromatic carbocycles. The van der Waals surface area contributed by atoms with Crippen LogP contribution in [0, 0.1) is 6.92 Å². The summed E-state index contributed by atoms with van der Waals surface area (Å²) in [5, 5.41) is 13.2. The number of anilines is 1. The van der Waals surface area contributed by atoms with E-state index < -0.39 is 0 Å². The monoisotopic (exact) mass is 426 g/mol. The highest BCUT2D eigenvalue weighted by atomic mass is 35.5. The molecule has 1 N–H and O–H groups in total. The molecular weight excluding hydrogens is 404 g/mol. The van der Waals surface area contributed by atoms with Crippen molar-refractivity contribution in [1.29, 1.82) is 0 Å². The van der Waals surface area contributed by atoms with Gasteiger partial charge < -0.3 is 5.32 Å². The molecule has 1 aliphatic rings. The minimum atomic E-state index is -0.0564. The van der Waals surface area contributed by atoms with Gasteiger partial charge in [0.15, 0.2) is 11.0 Å². The first-order valence-corrected chi connectivity index (χ1v) is 11.2. The number of carbonyl (C=O) groups is 1. The second kappa shape index (κ2) is 9.01. The lowest BCUT2D eigenvalue weighted by Crippen LogP contribution is -2.15. The van der Waals surface area contributed by atoms with Crippen LogP contribution in [0.2, 0.25) is 5.02 Å². The highest BCUT2D eigenvalue weighted by molar-refractivity contribution is 7.99. The molecule has 7 heteroatoms. The van der Waals surface area contributed by atoms with Gasteiger partial charge in [0, 0.05) is 17.3 Å². The predicted octanol–water partition coefficient (Wildman–Crippen LogP) is 5.75. The van der Waals surface area contributed by atoms with E-state index in [1.54, 1.807) is 0 Å². The third-order valence-corrected chi connectivity index (χ3v) is 6.41. The number of hydrogen-bond donors (Lipinski definition) is 1. The first-order valence-electron chi connectivity index (χ1n) is 9.81. The van der Waals surface area contributed by atoms with Crippen LogP contribution >= 0.6 is 23.4 Å². The Morgan fingerprint density at radius 3 is 2.59 bits per heavy atom. The Hall–Kier alpha value is -2.31. The normalized spacial score (nSPS) is 14.3. The molecule has 3 aromatic rings. The zero-order chi connectivity index (χ0) is 20.2. The molecule has 0 aliphatic heterocycles. The Kier molecular flexibility index (Phi) is 6.21. The maximum Gasteiger partial charge on any atom is 0.234 e. The molecule has 0 unspecified atom stereocenters. The van der Waals surface area contributed by atoms with Crippen molar-refractivity contribution < 1.29 is 4.79 Å². The van der Waals surface area contributed by atoms with Gasteiger partial charge in [-0.3, -0.25) is 9.36 Å². The van der Waals surface area contributed by atoms with Crippen LogP contribution in [0.4, 0.5) is 5.69 Å². The minimum Gasteiger partial charge on any atom is -0.325 e. The van der Waals surface area contributed by atoms with Crippen molar-refractivity contribution in [3.63, 3.8) is 0 Å². The SMILES string of the molecule is Cc1ccc(NC(=O)CSc2nnc(-c3ccccc3Cl)n2C2CCCC2)cc1. The molecule has 29 heavy (non-hydrogen) atoms. The van der Waals surface area contributed by atoms with Gasteiger partial charge >= 0.3 is 0 Å². The number of thioether (sulfide) groups is 1. The number of nitrogens with one attached hydrogen (secondary N) is 1. The zero-order valence-corrected chi connectivity index (χ0v) is 17.8. The van der Waals surface area contributed by atoms with E-state index in [-0.39, 0.29) is 11.7 Å². The van der Waals surface area contributed by atoms with E-state index in [1.165, 1.54) is 24.6 Å². The quantitative estimate of drug-likeness (QED) is 0.509. The maximum atomic E-state index is 12.4. The molecule has 1 saturated carbocycles. The largest absolute Gasteiger partial charge is 0.325 e. The number of carbonyl (C=O) groups excluding carboxylic acids is 1. The van der Waals surface area contributed by atoms with Crippen LogP contribution in [0.15, 0.2) is 53.7 Å². The molecule has 0 bridgehead atoms. The Morgan fingerprint density at radius 2 is 1.86 bits per heavy atom. The zero-order valence-electron chi connectivity index (χ0n) is 16.3. The van der Waals surface area contributed by atoms with Crippen LogP contribution in [0.1, 0.15) is 37.3 Å². The molecular formula is C22H23ClN4OS. The van der Waals surface area contributed by atoms with Crippen molar-refractivity contribution in [3.05, 3.63) is 59.1 Å². The molecule has 4 rings (SSSR count). The third kappa shape index (κ3) is 4.65. The summed E-state index contributed by atoms with van der Waals surface area (Å²) in [4.78, 5) is 12.4.